The monoisotopic (exact) mass is 483 g/mol. The van der Waals surface area contributed by atoms with Crippen molar-refractivity contribution in [3.8, 4) is 16.9 Å². The molecule has 0 radical (unpaired) electrons. The minimum absolute atomic E-state index is 0.0529. The van der Waals surface area contributed by atoms with Crippen LogP contribution in [0, 0.1) is 5.82 Å². The number of amides is 1. The normalized spacial score (nSPS) is 15.8. The Kier molecular flexibility index (Phi) is 5.66. The molecular formula is C25H22FN9O. The van der Waals surface area contributed by atoms with Gasteiger partial charge in [-0.05, 0) is 61.9 Å². The summed E-state index contributed by atoms with van der Waals surface area (Å²) in [6, 6.07) is 13.2. The number of aromatic amines is 1. The van der Waals surface area contributed by atoms with Gasteiger partial charge in [0, 0.05) is 36.8 Å². The van der Waals surface area contributed by atoms with E-state index >= 15 is 4.39 Å². The second kappa shape index (κ2) is 9.27. The van der Waals surface area contributed by atoms with Gasteiger partial charge in [-0.15, -0.1) is 5.10 Å². The maximum absolute atomic E-state index is 15.5. The van der Waals surface area contributed by atoms with Crippen LogP contribution in [-0.2, 0) is 0 Å². The largest absolute Gasteiger partial charge is 0.315 e. The number of hydrogen-bond donors (Lipinski definition) is 2. The number of H-pyrrole nitrogens is 1. The molecule has 1 aliphatic rings. The van der Waals surface area contributed by atoms with Crippen molar-refractivity contribution in [2.75, 3.05) is 18.0 Å². The summed E-state index contributed by atoms with van der Waals surface area (Å²) in [5.41, 5.74) is 2.90. The van der Waals surface area contributed by atoms with Crippen molar-refractivity contribution in [2.24, 2.45) is 0 Å². The molecule has 0 bridgehead atoms. The number of nitrogens with one attached hydrogen (secondary N) is 2. The van der Waals surface area contributed by atoms with Crippen molar-refractivity contribution in [2.45, 2.75) is 18.9 Å². The first-order chi connectivity index (χ1) is 17.7. The Hall–Kier alpha value is -4.51. The van der Waals surface area contributed by atoms with Gasteiger partial charge in [-0.25, -0.2) is 14.4 Å². The van der Waals surface area contributed by atoms with Gasteiger partial charge in [0.25, 0.3) is 5.91 Å². The number of rotatable bonds is 5. The highest BCUT2D eigenvalue weighted by atomic mass is 19.1. The Morgan fingerprint density at radius 3 is 2.78 bits per heavy atom. The third kappa shape index (κ3) is 3.89. The number of fused-ring (bicyclic) bond motifs is 1. The van der Waals surface area contributed by atoms with E-state index in [0.29, 0.717) is 34.8 Å². The standard InChI is InChI=1S/C25H22FN9O/c26-20-14-16(35-24-22(32-33-35)6-3-12-29-24)7-8-18(20)25(36)34(17-4-1-10-27-15-17)23-19(5-2-11-28-23)21-9-13-30-31-21/h2-3,5-9,11-14,17,27H,1,4,10,15H2,(H,30,31)/t17-/m1/s1. The summed E-state index contributed by atoms with van der Waals surface area (Å²) in [6.07, 6.45) is 6.56. The highest BCUT2D eigenvalue weighted by Crippen LogP contribution is 2.32. The molecule has 0 aliphatic carbocycles. The van der Waals surface area contributed by atoms with Gasteiger partial charge in [-0.2, -0.15) is 9.78 Å². The van der Waals surface area contributed by atoms with Crippen LogP contribution in [0.3, 0.4) is 0 Å². The highest BCUT2D eigenvalue weighted by molar-refractivity contribution is 6.08. The molecule has 1 fully saturated rings. The van der Waals surface area contributed by atoms with Gasteiger partial charge in [0.05, 0.1) is 23.0 Å². The number of carbonyl (C=O) groups excluding carboxylic acids is 1. The van der Waals surface area contributed by atoms with Crippen LogP contribution < -0.4 is 10.2 Å². The van der Waals surface area contributed by atoms with Crippen LogP contribution in [0.5, 0.6) is 0 Å². The summed E-state index contributed by atoms with van der Waals surface area (Å²) in [5, 5.41) is 18.5. The zero-order valence-electron chi connectivity index (χ0n) is 19.2. The number of benzene rings is 1. The number of aromatic nitrogens is 7. The number of halogens is 1. The molecule has 0 saturated carbocycles. The predicted octanol–water partition coefficient (Wildman–Crippen LogP) is 3.14. The van der Waals surface area contributed by atoms with Crippen molar-refractivity contribution >= 4 is 22.9 Å². The van der Waals surface area contributed by atoms with E-state index in [4.69, 9.17) is 0 Å². The number of anilines is 1. The molecule has 5 heterocycles. The first-order valence-electron chi connectivity index (χ1n) is 11.7. The van der Waals surface area contributed by atoms with Gasteiger partial charge >= 0.3 is 0 Å². The fourth-order valence-electron chi connectivity index (χ4n) is 4.57. The van der Waals surface area contributed by atoms with Crippen LogP contribution in [-0.4, -0.2) is 60.2 Å². The van der Waals surface area contributed by atoms with Gasteiger partial charge in [-0.1, -0.05) is 5.21 Å². The van der Waals surface area contributed by atoms with E-state index in [9.17, 15) is 4.79 Å². The lowest BCUT2D eigenvalue weighted by Crippen LogP contribution is -2.49. The number of nitrogens with zero attached hydrogens (tertiary/aromatic N) is 7. The van der Waals surface area contributed by atoms with Crippen molar-refractivity contribution in [1.82, 2.24) is 40.5 Å². The van der Waals surface area contributed by atoms with E-state index in [1.54, 1.807) is 47.8 Å². The van der Waals surface area contributed by atoms with Crippen LogP contribution in [0.15, 0.2) is 67.1 Å². The fraction of sp³-hybridized carbons (Fsp3) is 0.200. The van der Waals surface area contributed by atoms with E-state index in [1.807, 2.05) is 12.1 Å². The molecule has 4 aromatic heterocycles. The van der Waals surface area contributed by atoms with Crippen LogP contribution >= 0.6 is 0 Å². The van der Waals surface area contributed by atoms with E-state index in [-0.39, 0.29) is 11.6 Å². The molecule has 1 amide bonds. The molecule has 6 rings (SSSR count). The molecule has 5 aromatic rings. The molecule has 1 aliphatic heterocycles. The van der Waals surface area contributed by atoms with Crippen molar-refractivity contribution in [1.29, 1.82) is 0 Å². The smallest absolute Gasteiger partial charge is 0.262 e. The molecule has 1 aromatic carbocycles. The lowest BCUT2D eigenvalue weighted by Gasteiger charge is -2.35. The first-order valence-corrected chi connectivity index (χ1v) is 11.7. The molecule has 1 atom stereocenters. The van der Waals surface area contributed by atoms with E-state index < -0.39 is 11.7 Å². The van der Waals surface area contributed by atoms with Crippen molar-refractivity contribution in [3.05, 3.63) is 78.5 Å². The summed E-state index contributed by atoms with van der Waals surface area (Å²) in [4.78, 5) is 24.4. The second-order valence-corrected chi connectivity index (χ2v) is 8.53. The summed E-state index contributed by atoms with van der Waals surface area (Å²) < 4.78 is 17.0. The molecular weight excluding hydrogens is 461 g/mol. The van der Waals surface area contributed by atoms with Crippen LogP contribution in [0.2, 0.25) is 0 Å². The number of carbonyl (C=O) groups is 1. The molecule has 180 valence electrons. The Morgan fingerprint density at radius 1 is 1.08 bits per heavy atom. The lowest BCUT2D eigenvalue weighted by atomic mass is 10.0. The minimum Gasteiger partial charge on any atom is -0.315 e. The molecule has 0 unspecified atom stereocenters. The number of hydrogen-bond acceptors (Lipinski definition) is 7. The quantitative estimate of drug-likeness (QED) is 0.394. The lowest BCUT2D eigenvalue weighted by molar-refractivity contribution is 0.0967. The minimum atomic E-state index is -0.662. The Balaban J connectivity index is 1.41. The number of pyridine rings is 2. The summed E-state index contributed by atoms with van der Waals surface area (Å²) in [5.74, 6) is -0.672. The van der Waals surface area contributed by atoms with Gasteiger partial charge in [-0.3, -0.25) is 14.8 Å². The molecule has 0 spiro atoms. The Bertz CT molecular complexity index is 1530. The molecule has 11 heteroatoms. The van der Waals surface area contributed by atoms with Crippen LogP contribution in [0.25, 0.3) is 28.1 Å². The van der Waals surface area contributed by atoms with E-state index in [0.717, 1.165) is 25.1 Å². The molecule has 10 nitrogen and oxygen atoms in total. The summed E-state index contributed by atoms with van der Waals surface area (Å²) in [7, 11) is 0. The van der Waals surface area contributed by atoms with E-state index in [2.05, 4.69) is 35.8 Å². The molecule has 2 N–H and O–H groups in total. The second-order valence-electron chi connectivity index (χ2n) is 8.53. The zero-order valence-corrected chi connectivity index (χ0v) is 19.2. The maximum Gasteiger partial charge on any atom is 0.262 e. The summed E-state index contributed by atoms with van der Waals surface area (Å²) in [6.45, 7) is 1.46. The maximum atomic E-state index is 15.5. The fourth-order valence-corrected chi connectivity index (χ4v) is 4.57. The van der Waals surface area contributed by atoms with Gasteiger partial charge in [0.1, 0.15) is 17.2 Å². The van der Waals surface area contributed by atoms with Crippen molar-refractivity contribution < 1.29 is 9.18 Å². The van der Waals surface area contributed by atoms with E-state index in [1.165, 1.54) is 16.8 Å². The number of piperidine rings is 1. The average molecular weight is 484 g/mol. The topological polar surface area (TPSA) is 118 Å². The first kappa shape index (κ1) is 22.0. The van der Waals surface area contributed by atoms with Gasteiger partial charge in [0.15, 0.2) is 5.65 Å². The predicted molar refractivity (Wildman–Crippen MR) is 131 cm³/mol. The Morgan fingerprint density at radius 2 is 1.97 bits per heavy atom. The molecule has 1 saturated heterocycles. The van der Waals surface area contributed by atoms with Crippen LogP contribution in [0.4, 0.5) is 10.2 Å². The van der Waals surface area contributed by atoms with Gasteiger partial charge < -0.3 is 5.32 Å². The van der Waals surface area contributed by atoms with Crippen LogP contribution in [0.1, 0.15) is 23.2 Å². The zero-order chi connectivity index (χ0) is 24.5. The van der Waals surface area contributed by atoms with Crippen molar-refractivity contribution in [3.63, 3.8) is 0 Å². The average Bonchev–Trinajstić information content (AvgIpc) is 3.60. The SMILES string of the molecule is O=C(c1ccc(-n2nnc3cccnc32)cc1F)N(c1ncccc1-c1ccn[nH]1)[C@@H]1CCCNC1. The van der Waals surface area contributed by atoms with Gasteiger partial charge in [0.2, 0.25) is 0 Å². The third-order valence-electron chi connectivity index (χ3n) is 6.30. The third-order valence-corrected chi connectivity index (χ3v) is 6.30. The highest BCUT2D eigenvalue weighted by Gasteiger charge is 2.32. The summed E-state index contributed by atoms with van der Waals surface area (Å²) >= 11 is 0. The Labute approximate surface area is 205 Å². The molecule has 36 heavy (non-hydrogen) atoms.